The smallest absolute Gasteiger partial charge is 0.141 e. The van der Waals surface area contributed by atoms with E-state index in [1.807, 2.05) is 6.07 Å². The highest BCUT2D eigenvalue weighted by molar-refractivity contribution is 7.69. The summed E-state index contributed by atoms with van der Waals surface area (Å²) in [5, 5.41) is 8.53. The maximum absolute atomic E-state index is 11.5. The second-order valence-corrected chi connectivity index (χ2v) is 6.00. The highest BCUT2D eigenvalue weighted by atomic mass is 31.2. The molecule has 0 saturated heterocycles. The summed E-state index contributed by atoms with van der Waals surface area (Å²) in [6.07, 6.45) is 0. The van der Waals surface area contributed by atoms with Crippen molar-refractivity contribution in [3.8, 4) is 6.07 Å². The Bertz CT molecular complexity index is 375. The average molecular weight is 180 g/mol. The lowest BCUT2D eigenvalue weighted by Gasteiger charge is -2.04. The number of hydrogen-bond acceptors (Lipinski definition) is 3. The van der Waals surface area contributed by atoms with Gasteiger partial charge in [0.25, 0.3) is 0 Å². The molecule has 0 aliphatic rings. The van der Waals surface area contributed by atoms with Crippen LogP contribution in [0.3, 0.4) is 0 Å². The number of pyridine rings is 1. The molecule has 0 spiro atoms. The van der Waals surface area contributed by atoms with Crippen molar-refractivity contribution in [3.05, 3.63) is 23.9 Å². The van der Waals surface area contributed by atoms with E-state index < -0.39 is 7.14 Å². The molecule has 3 nitrogen and oxygen atoms in total. The molecule has 4 heteroatoms. The summed E-state index contributed by atoms with van der Waals surface area (Å²) in [4.78, 5) is 3.94. The zero-order chi connectivity index (χ0) is 9.19. The molecule has 1 heterocycles. The highest BCUT2D eigenvalue weighted by Crippen LogP contribution is 2.33. The van der Waals surface area contributed by atoms with Crippen LogP contribution in [0.2, 0.25) is 0 Å². The van der Waals surface area contributed by atoms with Crippen molar-refractivity contribution >= 4 is 12.6 Å². The molecule has 0 bridgehead atoms. The van der Waals surface area contributed by atoms with Crippen LogP contribution in [0.15, 0.2) is 18.2 Å². The van der Waals surface area contributed by atoms with Crippen LogP contribution >= 0.6 is 7.14 Å². The lowest BCUT2D eigenvalue weighted by Crippen LogP contribution is -2.08. The summed E-state index contributed by atoms with van der Waals surface area (Å²) in [7, 11) is -2.32. The first kappa shape index (κ1) is 8.96. The Hall–Kier alpha value is -1.13. The van der Waals surface area contributed by atoms with Crippen molar-refractivity contribution in [2.24, 2.45) is 0 Å². The third kappa shape index (κ3) is 1.93. The van der Waals surface area contributed by atoms with Gasteiger partial charge in [0.1, 0.15) is 24.3 Å². The molecule has 0 unspecified atom stereocenters. The second-order valence-electron chi connectivity index (χ2n) is 2.84. The predicted molar refractivity (Wildman–Crippen MR) is 48.0 cm³/mol. The molecule has 62 valence electrons. The average Bonchev–Trinajstić information content (AvgIpc) is 2.03. The van der Waals surface area contributed by atoms with Gasteiger partial charge in [-0.25, -0.2) is 4.98 Å². The summed E-state index contributed by atoms with van der Waals surface area (Å²) in [6, 6.07) is 6.88. The molecule has 0 radical (unpaired) electrons. The molecule has 0 aromatic carbocycles. The monoisotopic (exact) mass is 180 g/mol. The van der Waals surface area contributed by atoms with Crippen LogP contribution in [0.5, 0.6) is 0 Å². The molecule has 1 aromatic heterocycles. The third-order valence-electron chi connectivity index (χ3n) is 1.40. The SMILES string of the molecule is CP(C)(=O)c1cccc(C#N)n1. The van der Waals surface area contributed by atoms with Crippen LogP contribution in [0.4, 0.5) is 0 Å². The molecule has 0 N–H and O–H groups in total. The normalized spacial score (nSPS) is 10.8. The van der Waals surface area contributed by atoms with Gasteiger partial charge in [-0.15, -0.1) is 0 Å². The summed E-state index contributed by atoms with van der Waals surface area (Å²) in [6.45, 7) is 3.27. The van der Waals surface area contributed by atoms with Crippen molar-refractivity contribution in [2.75, 3.05) is 13.3 Å². The van der Waals surface area contributed by atoms with E-state index in [0.29, 0.717) is 11.1 Å². The highest BCUT2D eigenvalue weighted by Gasteiger charge is 2.12. The van der Waals surface area contributed by atoms with Crippen molar-refractivity contribution in [3.63, 3.8) is 0 Å². The van der Waals surface area contributed by atoms with Crippen molar-refractivity contribution in [2.45, 2.75) is 0 Å². The Morgan fingerprint density at radius 3 is 2.67 bits per heavy atom. The Morgan fingerprint density at radius 2 is 2.17 bits per heavy atom. The first-order chi connectivity index (χ1) is 5.54. The van der Waals surface area contributed by atoms with Gasteiger partial charge >= 0.3 is 0 Å². The molecule has 1 rings (SSSR count). The first-order valence-electron chi connectivity index (χ1n) is 3.47. The summed E-state index contributed by atoms with van der Waals surface area (Å²) < 4.78 is 11.5. The predicted octanol–water partition coefficient (Wildman–Crippen LogP) is 1.20. The standard InChI is InChI=1S/C8H9N2OP/c1-12(2,11)8-5-3-4-7(6-9)10-8/h3-5H,1-2H3. The fraction of sp³-hybridized carbons (Fsp3) is 0.250. The van der Waals surface area contributed by atoms with Crippen LogP contribution in [-0.4, -0.2) is 18.3 Å². The molecule has 0 saturated carbocycles. The second kappa shape index (κ2) is 3.08. The van der Waals surface area contributed by atoms with E-state index in [2.05, 4.69) is 4.98 Å². The summed E-state index contributed by atoms with van der Waals surface area (Å²) >= 11 is 0. The van der Waals surface area contributed by atoms with E-state index in [0.717, 1.165) is 0 Å². The molecule has 0 atom stereocenters. The van der Waals surface area contributed by atoms with E-state index in [-0.39, 0.29) is 0 Å². The van der Waals surface area contributed by atoms with Gasteiger partial charge < -0.3 is 4.57 Å². The molecule has 0 fully saturated rings. The molecule has 0 amide bonds. The van der Waals surface area contributed by atoms with Crippen LogP contribution in [0.1, 0.15) is 5.69 Å². The van der Waals surface area contributed by atoms with Crippen molar-refractivity contribution in [1.29, 1.82) is 5.26 Å². The maximum Gasteiger partial charge on any atom is 0.141 e. The fourth-order valence-electron chi connectivity index (χ4n) is 0.785. The minimum Gasteiger partial charge on any atom is -0.318 e. The molecule has 0 aliphatic heterocycles. The Balaban J connectivity index is 3.22. The minimum atomic E-state index is -2.32. The van der Waals surface area contributed by atoms with Gasteiger partial charge in [0.2, 0.25) is 0 Å². The number of nitriles is 1. The fourth-order valence-corrected chi connectivity index (χ4v) is 1.58. The number of rotatable bonds is 1. The quantitative estimate of drug-likeness (QED) is 0.610. The van der Waals surface area contributed by atoms with Gasteiger partial charge in [0, 0.05) is 0 Å². The topological polar surface area (TPSA) is 53.8 Å². The summed E-state index contributed by atoms with van der Waals surface area (Å²) in [5.41, 5.74) is 0.831. The van der Waals surface area contributed by atoms with Crippen LogP contribution in [0.25, 0.3) is 0 Å². The molecule has 0 aliphatic carbocycles. The van der Waals surface area contributed by atoms with Crippen LogP contribution in [0, 0.1) is 11.3 Å². The van der Waals surface area contributed by atoms with Gasteiger partial charge in [-0.1, -0.05) is 6.07 Å². The third-order valence-corrected chi connectivity index (χ3v) is 2.75. The van der Waals surface area contributed by atoms with E-state index >= 15 is 0 Å². The largest absolute Gasteiger partial charge is 0.318 e. The van der Waals surface area contributed by atoms with Crippen LogP contribution < -0.4 is 5.44 Å². The van der Waals surface area contributed by atoms with Gasteiger partial charge in [-0.05, 0) is 25.5 Å². The van der Waals surface area contributed by atoms with Crippen LogP contribution in [-0.2, 0) is 4.57 Å². The summed E-state index contributed by atoms with van der Waals surface area (Å²) in [5.74, 6) is 0. The number of aromatic nitrogens is 1. The van der Waals surface area contributed by atoms with Gasteiger partial charge in [0.05, 0.1) is 0 Å². The van der Waals surface area contributed by atoms with Crippen molar-refractivity contribution < 1.29 is 4.57 Å². The number of hydrogen-bond donors (Lipinski definition) is 0. The molecule has 1 aromatic rings. The number of nitrogens with zero attached hydrogens (tertiary/aromatic N) is 2. The molecule has 12 heavy (non-hydrogen) atoms. The Labute approximate surface area is 71.4 Å². The lowest BCUT2D eigenvalue weighted by molar-refractivity contribution is 0.587. The van der Waals surface area contributed by atoms with E-state index in [1.165, 1.54) is 0 Å². The Morgan fingerprint density at radius 1 is 1.50 bits per heavy atom. The van der Waals surface area contributed by atoms with Gasteiger partial charge in [-0.3, -0.25) is 0 Å². The maximum atomic E-state index is 11.5. The van der Waals surface area contributed by atoms with Crippen molar-refractivity contribution in [1.82, 2.24) is 4.98 Å². The zero-order valence-electron chi connectivity index (χ0n) is 6.98. The van der Waals surface area contributed by atoms with E-state index in [1.54, 1.807) is 31.5 Å². The first-order valence-corrected chi connectivity index (χ1v) is 6.07. The van der Waals surface area contributed by atoms with Gasteiger partial charge in [-0.2, -0.15) is 5.26 Å². The molecular weight excluding hydrogens is 171 g/mol. The lowest BCUT2D eigenvalue weighted by atomic mass is 10.4. The van der Waals surface area contributed by atoms with Gasteiger partial charge in [0.15, 0.2) is 0 Å². The molecular formula is C8H9N2OP. The Kier molecular flexibility index (Phi) is 2.30. The van der Waals surface area contributed by atoms with E-state index in [9.17, 15) is 4.57 Å². The van der Waals surface area contributed by atoms with E-state index in [4.69, 9.17) is 5.26 Å². The zero-order valence-corrected chi connectivity index (χ0v) is 7.88. The minimum absolute atomic E-state index is 0.316.